The highest BCUT2D eigenvalue weighted by Crippen LogP contribution is 2.13. The quantitative estimate of drug-likeness (QED) is 0.142. The van der Waals surface area contributed by atoms with Crippen molar-refractivity contribution >= 4 is 32.3 Å². The number of hydrogen-bond donors (Lipinski definition) is 0. The Morgan fingerprint density at radius 3 is 0.240 bits per heavy atom. The van der Waals surface area contributed by atoms with E-state index in [2.05, 4.69) is 215 Å². The van der Waals surface area contributed by atoms with E-state index < -0.39 is 0 Å². The van der Waals surface area contributed by atoms with E-state index in [0.29, 0.717) is 0 Å². The summed E-state index contributed by atoms with van der Waals surface area (Å²) in [6.45, 7) is 57.2. The number of hydrogen-bond acceptors (Lipinski definition) is 0. The molecule has 0 heteroatoms. The number of fused-ring (bicyclic) bond motifs is 3. The molecule has 0 aromatic heterocycles. The Kier molecular flexibility index (Phi) is 139. The standard InChI is InChI=1S/3C10H8.2C6H6.5C3H8.9C2H6/c3*1-2-6-10-8-4-3-7-9(10)5-1;2*1-2-4-6-5-3-1;5*1-3-2;9*1-2/h3*1-8H;2*1-6H;5*3H2,1-2H3;9*1-2H3. The second-order valence-electron chi connectivity index (χ2n) is 12.9. The maximum Gasteiger partial charge on any atom is -0.0184 e. The molecule has 8 aromatic rings. The van der Waals surface area contributed by atoms with Gasteiger partial charge in [0.2, 0.25) is 0 Å². The van der Waals surface area contributed by atoms with Crippen LogP contribution in [0, 0.1) is 0 Å². The van der Waals surface area contributed by atoms with E-state index in [1.54, 1.807) is 0 Å². The van der Waals surface area contributed by atoms with Crippen LogP contribution in [-0.4, -0.2) is 0 Å². The van der Waals surface area contributed by atoms with Crippen LogP contribution in [0.1, 0.15) is 226 Å². The van der Waals surface area contributed by atoms with Gasteiger partial charge in [0.1, 0.15) is 0 Å². The molecule has 0 N–H and O–H groups in total. The molecule has 0 aliphatic carbocycles. The van der Waals surface area contributed by atoms with Gasteiger partial charge in [0.15, 0.2) is 0 Å². The van der Waals surface area contributed by atoms with E-state index >= 15 is 0 Å². The summed E-state index contributed by atoms with van der Waals surface area (Å²) < 4.78 is 0. The minimum Gasteiger partial charge on any atom is -0.0683 e. The molecule has 75 heavy (non-hydrogen) atoms. The van der Waals surface area contributed by atoms with Crippen LogP contribution in [0.15, 0.2) is 218 Å². The van der Waals surface area contributed by atoms with Crippen molar-refractivity contribution in [3.63, 3.8) is 0 Å². The maximum absolute atomic E-state index is 2.12. The smallest absolute Gasteiger partial charge is 0.0184 e. The first kappa shape index (κ1) is 95.3. The minimum atomic E-state index is 1.25. The second-order valence-corrected chi connectivity index (χ2v) is 12.9. The van der Waals surface area contributed by atoms with E-state index in [4.69, 9.17) is 0 Å². The zero-order chi connectivity index (χ0) is 60.5. The average molecular weight is 1030 g/mol. The Balaban J connectivity index is -0.0000000671. The molecule has 0 unspecified atom stereocenters. The third-order valence-corrected chi connectivity index (χ3v) is 6.31. The van der Waals surface area contributed by atoms with Gasteiger partial charge in [0.25, 0.3) is 0 Å². The van der Waals surface area contributed by atoms with E-state index in [1.807, 2.05) is 197 Å². The second kappa shape index (κ2) is 109. The van der Waals surface area contributed by atoms with Crippen LogP contribution in [0.2, 0.25) is 0 Å². The van der Waals surface area contributed by atoms with Gasteiger partial charge in [0, 0.05) is 0 Å². The molecule has 0 radical (unpaired) electrons. The van der Waals surface area contributed by atoms with Crippen molar-refractivity contribution < 1.29 is 0 Å². The van der Waals surface area contributed by atoms with Crippen LogP contribution in [0.4, 0.5) is 0 Å². The highest BCUT2D eigenvalue weighted by Gasteiger charge is 1.87. The van der Waals surface area contributed by atoms with Crippen LogP contribution in [-0.2, 0) is 0 Å². The first-order valence-electron chi connectivity index (χ1n) is 30.3. The van der Waals surface area contributed by atoms with Gasteiger partial charge in [-0.3, -0.25) is 0 Å². The van der Waals surface area contributed by atoms with Gasteiger partial charge >= 0.3 is 0 Å². The molecule has 0 fully saturated rings. The molecule has 0 amide bonds. The Morgan fingerprint density at radius 1 is 0.133 bits per heavy atom. The zero-order valence-corrected chi connectivity index (χ0v) is 55.3. The largest absolute Gasteiger partial charge is 0.0683 e. The molecule has 0 saturated carbocycles. The summed E-state index contributed by atoms with van der Waals surface area (Å²) in [5.74, 6) is 0. The molecule has 0 heterocycles. The lowest BCUT2D eigenvalue weighted by Crippen LogP contribution is -1.67. The number of benzene rings is 8. The molecular formula is C75H130. The van der Waals surface area contributed by atoms with Crippen LogP contribution in [0.25, 0.3) is 32.3 Å². The molecule has 8 aromatic carbocycles. The van der Waals surface area contributed by atoms with Crippen molar-refractivity contribution in [1.29, 1.82) is 0 Å². The molecular weight excluding hydrogens is 901 g/mol. The molecule has 430 valence electrons. The lowest BCUT2D eigenvalue weighted by Gasteiger charge is -1.92. The zero-order valence-electron chi connectivity index (χ0n) is 55.3. The molecule has 0 atom stereocenters. The molecule has 0 saturated heterocycles. The summed E-state index contributed by atoms with van der Waals surface area (Å²) in [5.41, 5.74) is 0. The van der Waals surface area contributed by atoms with Crippen molar-refractivity contribution in [2.24, 2.45) is 0 Å². The van der Waals surface area contributed by atoms with E-state index in [9.17, 15) is 0 Å². The first-order chi connectivity index (χ1) is 37.0. The molecule has 0 aliphatic rings. The minimum absolute atomic E-state index is 1.25. The monoisotopic (exact) mass is 1030 g/mol. The molecule has 8 rings (SSSR count). The Bertz CT molecular complexity index is 1450. The van der Waals surface area contributed by atoms with Gasteiger partial charge in [-0.15, -0.1) is 0 Å². The average Bonchev–Trinajstić information content (AvgIpc) is 3.52. The van der Waals surface area contributed by atoms with Crippen molar-refractivity contribution in [1.82, 2.24) is 0 Å². The summed E-state index contributed by atoms with van der Waals surface area (Å²) in [6.07, 6.45) is 6.25. The van der Waals surface area contributed by atoms with Gasteiger partial charge in [0.05, 0.1) is 0 Å². The summed E-state index contributed by atoms with van der Waals surface area (Å²) in [4.78, 5) is 0. The fraction of sp³-hybridized carbons (Fsp3) is 0.440. The SMILES string of the molecule is CC.CC.CC.CC.CC.CC.CC.CC.CC.CCC.CCC.CCC.CCC.CCC.c1ccc2ccccc2c1.c1ccc2ccccc2c1.c1ccc2ccccc2c1.c1ccccc1.c1ccccc1. The van der Waals surface area contributed by atoms with Crippen LogP contribution in [0.3, 0.4) is 0 Å². The van der Waals surface area contributed by atoms with Crippen molar-refractivity contribution in [3.05, 3.63) is 218 Å². The Hall–Kier alpha value is -5.46. The van der Waals surface area contributed by atoms with E-state index in [-0.39, 0.29) is 0 Å². The highest BCUT2D eigenvalue weighted by molar-refractivity contribution is 5.83. The van der Waals surface area contributed by atoms with Crippen molar-refractivity contribution in [2.75, 3.05) is 0 Å². The third kappa shape index (κ3) is 82.8. The molecule has 0 aliphatic heterocycles. The Labute approximate surface area is 474 Å². The number of rotatable bonds is 0. The third-order valence-electron chi connectivity index (χ3n) is 6.31. The lowest BCUT2D eigenvalue weighted by molar-refractivity contribution is 1.09. The molecule has 0 spiro atoms. The molecule has 0 nitrogen and oxygen atoms in total. The van der Waals surface area contributed by atoms with Gasteiger partial charge in [-0.25, -0.2) is 0 Å². The predicted molar refractivity (Wildman–Crippen MR) is 367 cm³/mol. The van der Waals surface area contributed by atoms with Crippen molar-refractivity contribution in [2.45, 2.75) is 226 Å². The normalized spacial score (nSPS) is 7.20. The highest BCUT2D eigenvalue weighted by atomic mass is 13.9. The van der Waals surface area contributed by atoms with Gasteiger partial charge in [-0.05, 0) is 32.3 Å². The van der Waals surface area contributed by atoms with Crippen LogP contribution in [0.5, 0.6) is 0 Å². The maximum atomic E-state index is 2.12. The lowest BCUT2D eigenvalue weighted by atomic mass is 10.1. The van der Waals surface area contributed by atoms with Gasteiger partial charge in [-0.2, -0.15) is 0 Å². The fourth-order valence-corrected chi connectivity index (χ4v) is 4.17. The fourth-order valence-electron chi connectivity index (χ4n) is 4.17. The first-order valence-corrected chi connectivity index (χ1v) is 30.3. The van der Waals surface area contributed by atoms with E-state index in [1.165, 1.54) is 64.4 Å². The summed E-state index contributed by atoms with van der Waals surface area (Å²) in [6, 6.07) is 74.1. The molecule has 0 bridgehead atoms. The summed E-state index contributed by atoms with van der Waals surface area (Å²) in [5, 5.41) is 7.86. The van der Waals surface area contributed by atoms with Gasteiger partial charge < -0.3 is 0 Å². The summed E-state index contributed by atoms with van der Waals surface area (Å²) in [7, 11) is 0. The van der Waals surface area contributed by atoms with Crippen molar-refractivity contribution in [3.8, 4) is 0 Å². The van der Waals surface area contributed by atoms with Crippen LogP contribution < -0.4 is 0 Å². The van der Waals surface area contributed by atoms with E-state index in [0.717, 1.165) is 0 Å². The van der Waals surface area contributed by atoms with Gasteiger partial charge in [-0.1, -0.05) is 444 Å². The topological polar surface area (TPSA) is 0 Å². The predicted octanol–water partition coefficient (Wildman–Crippen LogP) is 28.2. The van der Waals surface area contributed by atoms with Crippen LogP contribution >= 0.6 is 0 Å². The Morgan fingerprint density at radius 2 is 0.187 bits per heavy atom. The summed E-state index contributed by atoms with van der Waals surface area (Å²) >= 11 is 0.